The zero-order chi connectivity index (χ0) is 19.3. The van der Waals surface area contributed by atoms with Crippen LogP contribution in [-0.4, -0.2) is 45.9 Å². The molecule has 0 bridgehead atoms. The van der Waals surface area contributed by atoms with Crippen molar-refractivity contribution in [1.29, 1.82) is 0 Å². The van der Waals surface area contributed by atoms with E-state index in [4.69, 9.17) is 14.5 Å². The summed E-state index contributed by atoms with van der Waals surface area (Å²) >= 11 is 0. The van der Waals surface area contributed by atoms with Gasteiger partial charge in [-0.25, -0.2) is 0 Å². The highest BCUT2D eigenvalue weighted by molar-refractivity contribution is 14.0. The van der Waals surface area contributed by atoms with Crippen LogP contribution in [0.2, 0.25) is 0 Å². The summed E-state index contributed by atoms with van der Waals surface area (Å²) in [6.07, 6.45) is 5.85. The minimum absolute atomic E-state index is 0. The second-order valence-corrected chi connectivity index (χ2v) is 7.30. The highest BCUT2D eigenvalue weighted by Crippen LogP contribution is 2.33. The molecule has 1 aromatic rings. The molecule has 0 amide bonds. The molecule has 1 aliphatic rings. The van der Waals surface area contributed by atoms with Gasteiger partial charge in [0.1, 0.15) is 0 Å². The Bertz CT molecular complexity index is 551. The Hall–Kier alpha value is -0.860. The maximum atomic E-state index is 6.12. The Labute approximate surface area is 188 Å². The summed E-state index contributed by atoms with van der Waals surface area (Å²) in [5.74, 6) is 1.34. The Morgan fingerprint density at radius 3 is 2.68 bits per heavy atom. The SMILES string of the molecule is CCNC(=NCC1CCCOC1c1ccc(C)cc1)NCCCCCOC.I. The van der Waals surface area contributed by atoms with E-state index < -0.39 is 0 Å². The predicted octanol–water partition coefficient (Wildman–Crippen LogP) is 4.45. The summed E-state index contributed by atoms with van der Waals surface area (Å²) in [5, 5.41) is 6.82. The first-order valence-electron chi connectivity index (χ1n) is 10.4. The first-order chi connectivity index (χ1) is 13.2. The molecule has 28 heavy (non-hydrogen) atoms. The van der Waals surface area contributed by atoms with E-state index in [0.717, 1.165) is 58.1 Å². The van der Waals surface area contributed by atoms with Crippen LogP contribution in [0.5, 0.6) is 0 Å². The molecule has 1 heterocycles. The van der Waals surface area contributed by atoms with Crippen molar-refractivity contribution in [2.24, 2.45) is 10.9 Å². The van der Waals surface area contributed by atoms with E-state index >= 15 is 0 Å². The molecule has 2 unspecified atom stereocenters. The zero-order valence-electron chi connectivity index (χ0n) is 17.7. The molecular formula is C22H38IN3O2. The van der Waals surface area contributed by atoms with E-state index in [1.807, 2.05) is 0 Å². The van der Waals surface area contributed by atoms with Crippen LogP contribution in [0.15, 0.2) is 29.3 Å². The Balaban J connectivity index is 0.00000392. The summed E-state index contributed by atoms with van der Waals surface area (Å²) < 4.78 is 11.2. The number of nitrogens with one attached hydrogen (secondary N) is 2. The van der Waals surface area contributed by atoms with Crippen LogP contribution in [0.3, 0.4) is 0 Å². The summed E-state index contributed by atoms with van der Waals surface area (Å²) in [4.78, 5) is 4.85. The van der Waals surface area contributed by atoms with E-state index in [2.05, 4.69) is 48.7 Å². The number of nitrogens with zero attached hydrogens (tertiary/aromatic N) is 1. The number of hydrogen-bond donors (Lipinski definition) is 2. The lowest BCUT2D eigenvalue weighted by Crippen LogP contribution is -2.38. The van der Waals surface area contributed by atoms with Gasteiger partial charge in [0.15, 0.2) is 5.96 Å². The lowest BCUT2D eigenvalue weighted by molar-refractivity contribution is -0.0250. The maximum absolute atomic E-state index is 6.12. The number of aliphatic imine (C=N–C) groups is 1. The van der Waals surface area contributed by atoms with Crippen LogP contribution in [-0.2, 0) is 9.47 Å². The van der Waals surface area contributed by atoms with Crippen molar-refractivity contribution >= 4 is 29.9 Å². The molecule has 1 saturated heterocycles. The molecule has 160 valence electrons. The minimum Gasteiger partial charge on any atom is -0.385 e. The molecule has 6 heteroatoms. The highest BCUT2D eigenvalue weighted by Gasteiger charge is 2.27. The van der Waals surface area contributed by atoms with Gasteiger partial charge < -0.3 is 20.1 Å². The molecule has 0 aliphatic carbocycles. The standard InChI is InChI=1S/C22H37N3O2.HI/c1-4-23-22(24-14-6-5-7-15-26-3)25-17-20-9-8-16-27-21(20)19-12-10-18(2)11-13-19;/h10-13,20-21H,4-9,14-17H2,1-3H3,(H2,23,24,25);1H. The van der Waals surface area contributed by atoms with Gasteiger partial charge in [0.05, 0.1) is 6.10 Å². The normalized spacial score (nSPS) is 19.8. The topological polar surface area (TPSA) is 54.9 Å². The van der Waals surface area contributed by atoms with Gasteiger partial charge in [-0.1, -0.05) is 29.8 Å². The Kier molecular flexibility index (Phi) is 13.5. The molecule has 0 radical (unpaired) electrons. The molecule has 0 spiro atoms. The first kappa shape index (κ1) is 25.2. The van der Waals surface area contributed by atoms with Crippen LogP contribution in [0.25, 0.3) is 0 Å². The van der Waals surface area contributed by atoms with Crippen molar-refractivity contribution in [1.82, 2.24) is 10.6 Å². The number of ether oxygens (including phenoxy) is 2. The van der Waals surface area contributed by atoms with Gasteiger partial charge in [0, 0.05) is 45.9 Å². The van der Waals surface area contributed by atoms with Crippen LogP contribution >= 0.6 is 24.0 Å². The number of benzene rings is 1. The number of guanidine groups is 1. The fraction of sp³-hybridized carbons (Fsp3) is 0.682. The lowest BCUT2D eigenvalue weighted by atomic mass is 9.89. The third-order valence-corrected chi connectivity index (χ3v) is 5.00. The molecule has 2 N–H and O–H groups in total. The Morgan fingerprint density at radius 1 is 1.18 bits per heavy atom. The van der Waals surface area contributed by atoms with E-state index in [-0.39, 0.29) is 30.1 Å². The third-order valence-electron chi connectivity index (χ3n) is 5.00. The largest absolute Gasteiger partial charge is 0.385 e. The van der Waals surface area contributed by atoms with Gasteiger partial charge in [0.25, 0.3) is 0 Å². The van der Waals surface area contributed by atoms with Crippen LogP contribution in [0.4, 0.5) is 0 Å². The second kappa shape index (κ2) is 15.0. The van der Waals surface area contributed by atoms with E-state index in [9.17, 15) is 0 Å². The molecule has 1 fully saturated rings. The monoisotopic (exact) mass is 503 g/mol. The number of hydrogen-bond acceptors (Lipinski definition) is 3. The summed E-state index contributed by atoms with van der Waals surface area (Å²) in [6.45, 7) is 8.52. The number of halogens is 1. The molecule has 5 nitrogen and oxygen atoms in total. The average Bonchev–Trinajstić information content (AvgIpc) is 2.69. The fourth-order valence-electron chi connectivity index (χ4n) is 3.46. The first-order valence-corrected chi connectivity index (χ1v) is 10.4. The number of unbranched alkanes of at least 4 members (excludes halogenated alkanes) is 2. The minimum atomic E-state index is 0. The van der Waals surface area contributed by atoms with Gasteiger partial charge in [-0.15, -0.1) is 24.0 Å². The molecule has 0 saturated carbocycles. The van der Waals surface area contributed by atoms with Crippen molar-refractivity contribution in [3.8, 4) is 0 Å². The molecular weight excluding hydrogens is 465 g/mol. The quantitative estimate of drug-likeness (QED) is 0.214. The van der Waals surface area contributed by atoms with E-state index in [1.165, 1.54) is 24.0 Å². The Morgan fingerprint density at radius 2 is 1.96 bits per heavy atom. The highest BCUT2D eigenvalue weighted by atomic mass is 127. The van der Waals surface area contributed by atoms with Gasteiger partial charge in [-0.05, 0) is 51.5 Å². The van der Waals surface area contributed by atoms with E-state index in [0.29, 0.717) is 5.92 Å². The number of rotatable bonds is 10. The van der Waals surface area contributed by atoms with Gasteiger partial charge >= 0.3 is 0 Å². The molecule has 1 aliphatic heterocycles. The summed E-state index contributed by atoms with van der Waals surface area (Å²) in [6, 6.07) is 8.74. The van der Waals surface area contributed by atoms with Crippen molar-refractivity contribution in [2.75, 3.05) is 40.0 Å². The van der Waals surface area contributed by atoms with Gasteiger partial charge in [0.2, 0.25) is 0 Å². The summed E-state index contributed by atoms with van der Waals surface area (Å²) in [5.41, 5.74) is 2.56. The van der Waals surface area contributed by atoms with Crippen LogP contribution < -0.4 is 10.6 Å². The zero-order valence-corrected chi connectivity index (χ0v) is 20.0. The summed E-state index contributed by atoms with van der Waals surface area (Å²) in [7, 11) is 1.76. The second-order valence-electron chi connectivity index (χ2n) is 7.30. The average molecular weight is 503 g/mol. The molecule has 2 rings (SSSR count). The van der Waals surface area contributed by atoms with Crippen molar-refractivity contribution in [3.05, 3.63) is 35.4 Å². The maximum Gasteiger partial charge on any atom is 0.191 e. The predicted molar refractivity (Wildman–Crippen MR) is 128 cm³/mol. The van der Waals surface area contributed by atoms with Gasteiger partial charge in [-0.2, -0.15) is 0 Å². The van der Waals surface area contributed by atoms with E-state index in [1.54, 1.807) is 7.11 Å². The lowest BCUT2D eigenvalue weighted by Gasteiger charge is -2.31. The molecule has 0 aromatic heterocycles. The molecule has 1 aromatic carbocycles. The fourth-order valence-corrected chi connectivity index (χ4v) is 3.46. The number of methoxy groups -OCH3 is 1. The number of aryl methyl sites for hydroxylation is 1. The van der Waals surface area contributed by atoms with Crippen molar-refractivity contribution in [2.45, 2.75) is 52.1 Å². The van der Waals surface area contributed by atoms with Crippen LogP contribution in [0.1, 0.15) is 56.3 Å². The molecule has 2 atom stereocenters. The van der Waals surface area contributed by atoms with Crippen molar-refractivity contribution in [3.63, 3.8) is 0 Å². The smallest absolute Gasteiger partial charge is 0.191 e. The van der Waals surface area contributed by atoms with Crippen LogP contribution in [0, 0.1) is 12.8 Å². The third kappa shape index (κ3) is 9.09. The van der Waals surface area contributed by atoms with Gasteiger partial charge in [-0.3, -0.25) is 4.99 Å². The van der Waals surface area contributed by atoms with Crippen molar-refractivity contribution < 1.29 is 9.47 Å².